The number of hydrogen-bond acceptors (Lipinski definition) is 7. The standard InChI is InChI=1S/C13H17FN6O4/c1-19(2)4-16-13-17-10-8(11(23)18-13)15-5-20(10)12-7(14)9(22)6(3-21)24-12/h4-7,9,12,21-22H,3H2,1-2H3,(H,17,18,23)/t6-,7?,9?,12-/m1/s1. The van der Waals surface area contributed by atoms with Gasteiger partial charge in [-0.05, 0) is 0 Å². The predicted octanol–water partition coefficient (Wildman–Crippen LogP) is -1.07. The number of H-pyrrole nitrogens is 1. The lowest BCUT2D eigenvalue weighted by molar-refractivity contribution is -0.0459. The summed E-state index contributed by atoms with van der Waals surface area (Å²) in [4.78, 5) is 28.2. The number of halogens is 1. The summed E-state index contributed by atoms with van der Waals surface area (Å²) in [5.41, 5.74) is -0.461. The number of aliphatic hydroxyl groups is 2. The Hall–Kier alpha value is -2.37. The molecule has 1 saturated heterocycles. The van der Waals surface area contributed by atoms with Crippen LogP contribution in [0.25, 0.3) is 11.2 Å². The number of nitrogens with one attached hydrogen (secondary N) is 1. The average molecular weight is 340 g/mol. The number of aliphatic hydroxyl groups excluding tert-OH is 2. The highest BCUT2D eigenvalue weighted by molar-refractivity contribution is 5.71. The van der Waals surface area contributed by atoms with Crippen LogP contribution < -0.4 is 5.56 Å². The molecular weight excluding hydrogens is 323 g/mol. The highest BCUT2D eigenvalue weighted by Gasteiger charge is 2.45. The third-order valence-corrected chi connectivity index (χ3v) is 3.58. The summed E-state index contributed by atoms with van der Waals surface area (Å²) in [6.45, 7) is -0.531. The molecule has 1 aliphatic rings. The van der Waals surface area contributed by atoms with E-state index in [0.717, 1.165) is 0 Å². The first-order chi connectivity index (χ1) is 11.4. The lowest BCUT2D eigenvalue weighted by Gasteiger charge is -2.14. The van der Waals surface area contributed by atoms with E-state index in [9.17, 15) is 14.3 Å². The summed E-state index contributed by atoms with van der Waals surface area (Å²) in [7, 11) is 3.50. The third-order valence-electron chi connectivity index (χ3n) is 3.58. The number of alkyl halides is 1. The minimum absolute atomic E-state index is 0.00320. The summed E-state index contributed by atoms with van der Waals surface area (Å²) in [6.07, 6.45) is -2.94. The van der Waals surface area contributed by atoms with E-state index in [1.165, 1.54) is 17.2 Å². The van der Waals surface area contributed by atoms with Crippen molar-refractivity contribution < 1.29 is 19.3 Å². The van der Waals surface area contributed by atoms with Crippen LogP contribution in [-0.2, 0) is 4.74 Å². The maximum absolute atomic E-state index is 14.3. The van der Waals surface area contributed by atoms with E-state index in [-0.39, 0.29) is 17.1 Å². The number of nitrogens with zero attached hydrogens (tertiary/aromatic N) is 5. The van der Waals surface area contributed by atoms with Crippen molar-refractivity contribution in [2.45, 2.75) is 24.6 Å². The van der Waals surface area contributed by atoms with Crippen LogP contribution in [0, 0.1) is 0 Å². The molecule has 3 N–H and O–H groups in total. The highest BCUT2D eigenvalue weighted by Crippen LogP contribution is 2.33. The Labute approximate surface area is 135 Å². The minimum Gasteiger partial charge on any atom is -0.394 e. The molecular formula is C13H17FN6O4. The van der Waals surface area contributed by atoms with Gasteiger partial charge in [-0.2, -0.15) is 4.98 Å². The zero-order valence-electron chi connectivity index (χ0n) is 13.0. The molecule has 3 heterocycles. The van der Waals surface area contributed by atoms with Crippen LogP contribution in [0.1, 0.15) is 6.23 Å². The smallest absolute Gasteiger partial charge is 0.280 e. The second kappa shape index (κ2) is 6.26. The number of imidazole rings is 1. The molecule has 2 aromatic rings. The number of rotatable bonds is 4. The Bertz CT molecular complexity index is 818. The van der Waals surface area contributed by atoms with E-state index < -0.39 is 36.8 Å². The van der Waals surface area contributed by atoms with Gasteiger partial charge in [0.15, 0.2) is 23.6 Å². The minimum atomic E-state index is -1.80. The molecule has 4 atom stereocenters. The van der Waals surface area contributed by atoms with Crippen LogP contribution in [0.3, 0.4) is 0 Å². The Morgan fingerprint density at radius 3 is 2.96 bits per heavy atom. The second-order valence-electron chi connectivity index (χ2n) is 5.60. The van der Waals surface area contributed by atoms with Crippen LogP contribution in [0.2, 0.25) is 0 Å². The van der Waals surface area contributed by atoms with Crippen molar-refractivity contribution in [1.82, 2.24) is 24.4 Å². The Morgan fingerprint density at radius 1 is 1.58 bits per heavy atom. The lowest BCUT2D eigenvalue weighted by atomic mass is 10.1. The van der Waals surface area contributed by atoms with Gasteiger partial charge < -0.3 is 19.8 Å². The van der Waals surface area contributed by atoms with Gasteiger partial charge in [-0.3, -0.25) is 14.3 Å². The molecule has 0 spiro atoms. The molecule has 0 radical (unpaired) electrons. The zero-order chi connectivity index (χ0) is 17.4. The summed E-state index contributed by atoms with van der Waals surface area (Å²) < 4.78 is 20.8. The second-order valence-corrected chi connectivity index (χ2v) is 5.60. The molecule has 11 heteroatoms. The highest BCUT2D eigenvalue weighted by atomic mass is 19.1. The molecule has 0 aromatic carbocycles. The normalized spacial score (nSPS) is 27.4. The monoisotopic (exact) mass is 340 g/mol. The van der Waals surface area contributed by atoms with E-state index in [2.05, 4.69) is 19.9 Å². The van der Waals surface area contributed by atoms with E-state index in [4.69, 9.17) is 9.84 Å². The van der Waals surface area contributed by atoms with Gasteiger partial charge in [-0.25, -0.2) is 14.4 Å². The molecule has 130 valence electrons. The molecule has 2 unspecified atom stereocenters. The first-order valence-corrected chi connectivity index (χ1v) is 7.18. The van der Waals surface area contributed by atoms with Crippen molar-refractivity contribution >= 4 is 23.5 Å². The quantitative estimate of drug-likeness (QED) is 0.477. The van der Waals surface area contributed by atoms with Crippen molar-refractivity contribution in [2.24, 2.45) is 4.99 Å². The first-order valence-electron chi connectivity index (χ1n) is 7.18. The van der Waals surface area contributed by atoms with Crippen molar-refractivity contribution in [3.05, 3.63) is 16.7 Å². The Balaban J connectivity index is 2.05. The fraction of sp³-hybridized carbons (Fsp3) is 0.538. The molecule has 0 saturated carbocycles. The number of aromatic nitrogens is 4. The summed E-state index contributed by atoms with van der Waals surface area (Å²) >= 11 is 0. The average Bonchev–Trinajstić information content (AvgIpc) is 3.08. The van der Waals surface area contributed by atoms with Crippen molar-refractivity contribution in [2.75, 3.05) is 20.7 Å². The van der Waals surface area contributed by atoms with E-state index in [1.54, 1.807) is 19.0 Å². The largest absolute Gasteiger partial charge is 0.394 e. The maximum Gasteiger partial charge on any atom is 0.280 e. The van der Waals surface area contributed by atoms with E-state index in [1.807, 2.05) is 0 Å². The summed E-state index contributed by atoms with van der Waals surface area (Å²) in [5.74, 6) is 0.0237. The van der Waals surface area contributed by atoms with Gasteiger partial charge in [0.1, 0.15) is 12.2 Å². The summed E-state index contributed by atoms with van der Waals surface area (Å²) in [6, 6.07) is 0. The van der Waals surface area contributed by atoms with Gasteiger partial charge in [0.2, 0.25) is 5.95 Å². The number of aromatic amines is 1. The van der Waals surface area contributed by atoms with E-state index in [0.29, 0.717) is 0 Å². The molecule has 0 bridgehead atoms. The fourth-order valence-corrected chi connectivity index (χ4v) is 2.41. The van der Waals surface area contributed by atoms with Gasteiger partial charge >= 0.3 is 0 Å². The SMILES string of the molecule is CN(C)C=Nc1nc2c(ncn2[C@@H]2O[C@H](CO)C(O)C2F)c(=O)[nH]1. The molecule has 1 fully saturated rings. The zero-order valence-corrected chi connectivity index (χ0v) is 13.0. The fourth-order valence-electron chi connectivity index (χ4n) is 2.41. The molecule has 3 rings (SSSR count). The van der Waals surface area contributed by atoms with Crippen LogP contribution in [0.4, 0.5) is 10.3 Å². The number of fused-ring (bicyclic) bond motifs is 1. The molecule has 24 heavy (non-hydrogen) atoms. The number of aliphatic imine (C=N–C) groups is 1. The molecule has 1 aliphatic heterocycles. The molecule has 0 amide bonds. The Morgan fingerprint density at radius 2 is 2.33 bits per heavy atom. The van der Waals surface area contributed by atoms with Crippen molar-refractivity contribution in [3.63, 3.8) is 0 Å². The van der Waals surface area contributed by atoms with Crippen molar-refractivity contribution in [3.8, 4) is 0 Å². The van der Waals surface area contributed by atoms with Crippen LogP contribution in [0.5, 0.6) is 0 Å². The molecule has 10 nitrogen and oxygen atoms in total. The predicted molar refractivity (Wildman–Crippen MR) is 81.9 cm³/mol. The van der Waals surface area contributed by atoms with Gasteiger partial charge in [0.05, 0.1) is 19.3 Å². The van der Waals surface area contributed by atoms with Crippen LogP contribution >= 0.6 is 0 Å². The molecule has 2 aromatic heterocycles. The topological polar surface area (TPSA) is 129 Å². The number of ether oxygens (including phenoxy) is 1. The lowest BCUT2D eigenvalue weighted by Crippen LogP contribution is -2.30. The van der Waals surface area contributed by atoms with Crippen LogP contribution in [0.15, 0.2) is 16.1 Å². The van der Waals surface area contributed by atoms with Crippen LogP contribution in [-0.4, -0.2) is 80.1 Å². The Kier molecular flexibility index (Phi) is 4.30. The van der Waals surface area contributed by atoms with E-state index >= 15 is 0 Å². The van der Waals surface area contributed by atoms with Gasteiger partial charge in [-0.1, -0.05) is 0 Å². The first kappa shape index (κ1) is 16.5. The third kappa shape index (κ3) is 2.77. The summed E-state index contributed by atoms with van der Waals surface area (Å²) in [5, 5.41) is 18.9. The maximum atomic E-state index is 14.3. The number of hydrogen-bond donors (Lipinski definition) is 3. The van der Waals surface area contributed by atoms with Gasteiger partial charge in [0, 0.05) is 14.1 Å². The van der Waals surface area contributed by atoms with Gasteiger partial charge in [0.25, 0.3) is 5.56 Å². The molecule has 0 aliphatic carbocycles. The van der Waals surface area contributed by atoms with Crippen molar-refractivity contribution in [1.29, 1.82) is 0 Å². The van der Waals surface area contributed by atoms with Gasteiger partial charge in [-0.15, -0.1) is 0 Å².